The van der Waals surface area contributed by atoms with E-state index in [1.807, 2.05) is 4.90 Å². The number of carbonyl (C=O) groups is 2. The first-order chi connectivity index (χ1) is 13.1. The van der Waals surface area contributed by atoms with E-state index in [0.29, 0.717) is 37.5 Å². The third kappa shape index (κ3) is 3.61. The number of hydrogen-bond donors (Lipinski definition) is 0. The zero-order chi connectivity index (χ0) is 18.8. The molecule has 1 saturated heterocycles. The predicted molar refractivity (Wildman–Crippen MR) is 98.5 cm³/mol. The van der Waals surface area contributed by atoms with Gasteiger partial charge >= 0.3 is 0 Å². The van der Waals surface area contributed by atoms with Crippen LogP contribution in [-0.2, 0) is 4.79 Å². The van der Waals surface area contributed by atoms with E-state index in [0.717, 1.165) is 25.7 Å². The second-order valence-corrected chi connectivity index (χ2v) is 7.24. The van der Waals surface area contributed by atoms with Crippen LogP contribution in [0.2, 0.25) is 0 Å². The molecule has 0 radical (unpaired) electrons. The van der Waals surface area contributed by atoms with Crippen LogP contribution in [0.5, 0.6) is 0 Å². The molecule has 27 heavy (non-hydrogen) atoms. The van der Waals surface area contributed by atoms with E-state index in [4.69, 9.17) is 4.42 Å². The van der Waals surface area contributed by atoms with Crippen LogP contribution >= 0.6 is 0 Å². The van der Waals surface area contributed by atoms with E-state index in [1.54, 1.807) is 35.2 Å². The van der Waals surface area contributed by atoms with Gasteiger partial charge in [-0.15, -0.1) is 0 Å². The molecule has 0 unspecified atom stereocenters. The third-order valence-electron chi connectivity index (χ3n) is 5.54. The van der Waals surface area contributed by atoms with E-state index in [-0.39, 0.29) is 29.3 Å². The molecule has 1 saturated carbocycles. The maximum atomic E-state index is 13.9. The highest BCUT2D eigenvalue weighted by atomic mass is 19.1. The number of rotatable bonds is 3. The summed E-state index contributed by atoms with van der Waals surface area (Å²) in [6.07, 6.45) is 4.25. The molecule has 1 aromatic carbocycles. The monoisotopic (exact) mass is 370 g/mol. The van der Waals surface area contributed by atoms with Gasteiger partial charge in [0.1, 0.15) is 11.6 Å². The van der Waals surface area contributed by atoms with Gasteiger partial charge in [0, 0.05) is 32.1 Å². The highest BCUT2D eigenvalue weighted by molar-refractivity contribution is 5.92. The first-order valence-corrected chi connectivity index (χ1v) is 9.56. The SMILES string of the molecule is O=C(c1ccc(-c2ccccc2F)o1)N1CCN(C(=O)C2CCCC2)CC1. The van der Waals surface area contributed by atoms with Crippen molar-refractivity contribution in [1.82, 2.24) is 9.80 Å². The predicted octanol–water partition coefficient (Wildman–Crippen LogP) is 3.56. The van der Waals surface area contributed by atoms with Crippen molar-refractivity contribution >= 4 is 11.8 Å². The van der Waals surface area contributed by atoms with E-state index in [1.165, 1.54) is 6.07 Å². The lowest BCUT2D eigenvalue weighted by Gasteiger charge is -2.35. The van der Waals surface area contributed by atoms with Gasteiger partial charge in [-0.25, -0.2) is 4.39 Å². The highest BCUT2D eigenvalue weighted by Crippen LogP contribution is 2.28. The smallest absolute Gasteiger partial charge is 0.289 e. The van der Waals surface area contributed by atoms with Gasteiger partial charge in [-0.1, -0.05) is 25.0 Å². The lowest BCUT2D eigenvalue weighted by molar-refractivity contribution is -0.136. The minimum absolute atomic E-state index is 0.167. The van der Waals surface area contributed by atoms with Crippen molar-refractivity contribution in [2.45, 2.75) is 25.7 Å². The average Bonchev–Trinajstić information content (AvgIpc) is 3.39. The van der Waals surface area contributed by atoms with Gasteiger partial charge in [-0.3, -0.25) is 9.59 Å². The molecule has 2 aliphatic rings. The fourth-order valence-electron chi connectivity index (χ4n) is 3.98. The van der Waals surface area contributed by atoms with Gasteiger partial charge in [0.25, 0.3) is 5.91 Å². The standard InChI is InChI=1S/C21H23FN2O3/c22-17-8-4-3-7-16(17)18-9-10-19(27-18)21(26)24-13-11-23(12-14-24)20(25)15-5-1-2-6-15/h3-4,7-10,15H,1-2,5-6,11-14H2. The van der Waals surface area contributed by atoms with Crippen LogP contribution < -0.4 is 0 Å². The highest BCUT2D eigenvalue weighted by Gasteiger charge is 2.31. The summed E-state index contributed by atoms with van der Waals surface area (Å²) in [5, 5.41) is 0. The van der Waals surface area contributed by atoms with Crippen LogP contribution in [0.1, 0.15) is 36.2 Å². The number of benzene rings is 1. The summed E-state index contributed by atoms with van der Waals surface area (Å²) in [7, 11) is 0. The molecular weight excluding hydrogens is 347 g/mol. The van der Waals surface area contributed by atoms with Gasteiger partial charge in [-0.2, -0.15) is 0 Å². The van der Waals surface area contributed by atoms with E-state index >= 15 is 0 Å². The van der Waals surface area contributed by atoms with Gasteiger partial charge in [0.05, 0.1) is 5.56 Å². The Labute approximate surface area is 157 Å². The second-order valence-electron chi connectivity index (χ2n) is 7.24. The quantitative estimate of drug-likeness (QED) is 0.830. The molecule has 2 amide bonds. The Bertz CT molecular complexity index is 833. The molecule has 4 rings (SSSR count). The Kier molecular flexibility index (Phi) is 4.97. The summed E-state index contributed by atoms with van der Waals surface area (Å²) < 4.78 is 19.5. The van der Waals surface area contributed by atoms with Crippen LogP contribution in [0.3, 0.4) is 0 Å². The lowest BCUT2D eigenvalue weighted by Crippen LogP contribution is -2.51. The van der Waals surface area contributed by atoms with E-state index in [9.17, 15) is 14.0 Å². The average molecular weight is 370 g/mol. The summed E-state index contributed by atoms with van der Waals surface area (Å²) in [4.78, 5) is 28.8. The zero-order valence-corrected chi connectivity index (χ0v) is 15.2. The Hall–Kier alpha value is -2.63. The molecule has 1 aromatic heterocycles. The number of carbonyl (C=O) groups excluding carboxylic acids is 2. The maximum Gasteiger partial charge on any atom is 0.289 e. The number of halogens is 1. The largest absolute Gasteiger partial charge is 0.451 e. The molecule has 2 aromatic rings. The topological polar surface area (TPSA) is 53.8 Å². The number of hydrogen-bond acceptors (Lipinski definition) is 3. The van der Waals surface area contributed by atoms with Crippen LogP contribution in [0, 0.1) is 11.7 Å². The summed E-state index contributed by atoms with van der Waals surface area (Å²) >= 11 is 0. The molecule has 2 heterocycles. The number of nitrogens with zero attached hydrogens (tertiary/aromatic N) is 2. The van der Waals surface area contributed by atoms with Crippen LogP contribution in [0.25, 0.3) is 11.3 Å². The summed E-state index contributed by atoms with van der Waals surface area (Å²) in [6.45, 7) is 2.10. The molecule has 0 spiro atoms. The molecule has 142 valence electrons. The number of amides is 2. The first kappa shape index (κ1) is 17.8. The molecule has 6 heteroatoms. The van der Waals surface area contributed by atoms with Crippen molar-refractivity contribution in [2.75, 3.05) is 26.2 Å². The molecule has 2 fully saturated rings. The Morgan fingerprint density at radius 1 is 0.926 bits per heavy atom. The van der Waals surface area contributed by atoms with Crippen LogP contribution in [0.15, 0.2) is 40.8 Å². The lowest BCUT2D eigenvalue weighted by atomic mass is 10.1. The van der Waals surface area contributed by atoms with E-state index < -0.39 is 0 Å². The van der Waals surface area contributed by atoms with Crippen molar-refractivity contribution in [1.29, 1.82) is 0 Å². The van der Waals surface area contributed by atoms with Crippen molar-refractivity contribution in [2.24, 2.45) is 5.92 Å². The van der Waals surface area contributed by atoms with Gasteiger partial charge < -0.3 is 14.2 Å². The van der Waals surface area contributed by atoms with Crippen LogP contribution in [0.4, 0.5) is 4.39 Å². The molecule has 1 aliphatic carbocycles. The molecule has 0 N–H and O–H groups in total. The number of piperazine rings is 1. The maximum absolute atomic E-state index is 13.9. The summed E-state index contributed by atoms with van der Waals surface area (Å²) in [6, 6.07) is 9.52. The van der Waals surface area contributed by atoms with E-state index in [2.05, 4.69) is 0 Å². The van der Waals surface area contributed by atoms with Gasteiger partial charge in [-0.05, 0) is 37.1 Å². The third-order valence-corrected chi connectivity index (χ3v) is 5.54. The number of furan rings is 1. The molecule has 1 aliphatic heterocycles. The van der Waals surface area contributed by atoms with Crippen molar-refractivity contribution < 1.29 is 18.4 Å². The van der Waals surface area contributed by atoms with Gasteiger partial charge in [0.15, 0.2) is 5.76 Å². The molecule has 5 nitrogen and oxygen atoms in total. The van der Waals surface area contributed by atoms with Crippen molar-refractivity contribution in [3.63, 3.8) is 0 Å². The van der Waals surface area contributed by atoms with Crippen molar-refractivity contribution in [3.05, 3.63) is 48.0 Å². The second kappa shape index (κ2) is 7.55. The normalized spacial score (nSPS) is 18.1. The Morgan fingerprint density at radius 2 is 1.59 bits per heavy atom. The first-order valence-electron chi connectivity index (χ1n) is 9.56. The van der Waals surface area contributed by atoms with Gasteiger partial charge in [0.2, 0.25) is 5.91 Å². The molecule has 0 atom stereocenters. The minimum atomic E-state index is -0.384. The molecule has 0 bridgehead atoms. The Morgan fingerprint density at radius 3 is 2.30 bits per heavy atom. The summed E-state index contributed by atoms with van der Waals surface area (Å²) in [5.41, 5.74) is 0.337. The zero-order valence-electron chi connectivity index (χ0n) is 15.2. The Balaban J connectivity index is 1.38. The fraction of sp³-hybridized carbons (Fsp3) is 0.429. The van der Waals surface area contributed by atoms with Crippen LogP contribution in [-0.4, -0.2) is 47.8 Å². The minimum Gasteiger partial charge on any atom is -0.451 e. The summed E-state index contributed by atoms with van der Waals surface area (Å²) in [5.74, 6) is 0.339. The van der Waals surface area contributed by atoms with Crippen molar-refractivity contribution in [3.8, 4) is 11.3 Å². The fourth-order valence-corrected chi connectivity index (χ4v) is 3.98. The molecular formula is C21H23FN2O3.